The topological polar surface area (TPSA) is 46.5 Å². The highest BCUT2D eigenvalue weighted by molar-refractivity contribution is 5.86. The van der Waals surface area contributed by atoms with E-state index in [2.05, 4.69) is 0 Å². The maximum Gasteiger partial charge on any atom is 0.138 e. The fraction of sp³-hybridized carbons (Fsp3) is 0.462. The van der Waals surface area contributed by atoms with Crippen LogP contribution in [0, 0.1) is 5.92 Å². The fourth-order valence-corrected chi connectivity index (χ4v) is 1.82. The van der Waals surface area contributed by atoms with Gasteiger partial charge in [-0.2, -0.15) is 0 Å². The molecule has 1 aliphatic carbocycles. The van der Waals surface area contributed by atoms with Crippen LogP contribution in [-0.4, -0.2) is 23.6 Å². The number of rotatable bonds is 5. The number of carbonyl (C=O) groups is 1. The summed E-state index contributed by atoms with van der Waals surface area (Å²) in [5.74, 6) is -0.0217. The Labute approximate surface area is 95.0 Å². The molecule has 0 aliphatic heterocycles. The van der Waals surface area contributed by atoms with Crippen LogP contribution in [0.25, 0.3) is 0 Å². The minimum atomic E-state index is -0.634. The van der Waals surface area contributed by atoms with Crippen molar-refractivity contribution >= 4 is 5.78 Å². The van der Waals surface area contributed by atoms with Gasteiger partial charge in [0.25, 0.3) is 0 Å². The van der Waals surface area contributed by atoms with Crippen LogP contribution < -0.4 is 0 Å². The first-order valence-corrected chi connectivity index (χ1v) is 5.60. The number of ether oxygens (including phenoxy) is 1. The van der Waals surface area contributed by atoms with Crippen LogP contribution in [0.5, 0.6) is 0 Å². The highest BCUT2D eigenvalue weighted by Crippen LogP contribution is 2.25. The lowest BCUT2D eigenvalue weighted by molar-refractivity contribution is -0.136. The van der Waals surface area contributed by atoms with Crippen LogP contribution in [0.15, 0.2) is 30.3 Å². The molecule has 0 unspecified atom stereocenters. The SMILES string of the molecule is O=C1CC[C@@H]1[C@@H](O)COCc1ccccc1. The molecule has 16 heavy (non-hydrogen) atoms. The van der Waals surface area contributed by atoms with E-state index < -0.39 is 6.10 Å². The van der Waals surface area contributed by atoms with Crippen molar-refractivity contribution < 1.29 is 14.6 Å². The average Bonchev–Trinajstić information content (AvgIpc) is 2.28. The number of hydrogen-bond acceptors (Lipinski definition) is 3. The van der Waals surface area contributed by atoms with E-state index in [1.165, 1.54) is 0 Å². The molecule has 2 atom stereocenters. The molecule has 3 heteroatoms. The summed E-state index contributed by atoms with van der Waals surface area (Å²) < 4.78 is 5.38. The van der Waals surface area contributed by atoms with Crippen molar-refractivity contribution in [3.8, 4) is 0 Å². The van der Waals surface area contributed by atoms with Gasteiger partial charge in [-0.15, -0.1) is 0 Å². The first kappa shape index (κ1) is 11.3. The molecule has 0 spiro atoms. The van der Waals surface area contributed by atoms with Crippen molar-refractivity contribution in [3.05, 3.63) is 35.9 Å². The van der Waals surface area contributed by atoms with E-state index in [1.807, 2.05) is 30.3 Å². The minimum absolute atomic E-state index is 0.163. The monoisotopic (exact) mass is 220 g/mol. The Balaban J connectivity index is 1.70. The van der Waals surface area contributed by atoms with Crippen molar-refractivity contribution in [1.29, 1.82) is 0 Å². The first-order valence-electron chi connectivity index (χ1n) is 5.60. The van der Waals surface area contributed by atoms with Crippen LogP contribution in [-0.2, 0) is 16.1 Å². The molecule has 0 saturated heterocycles. The van der Waals surface area contributed by atoms with Crippen LogP contribution in [0.1, 0.15) is 18.4 Å². The van der Waals surface area contributed by atoms with Gasteiger partial charge in [-0.3, -0.25) is 4.79 Å². The molecule has 0 heterocycles. The third-order valence-electron chi connectivity index (χ3n) is 2.98. The molecule has 1 aliphatic rings. The highest BCUT2D eigenvalue weighted by atomic mass is 16.5. The summed E-state index contributed by atoms with van der Waals surface area (Å²) >= 11 is 0. The van der Waals surface area contributed by atoms with Crippen LogP contribution in [0.3, 0.4) is 0 Å². The zero-order valence-corrected chi connectivity index (χ0v) is 9.13. The minimum Gasteiger partial charge on any atom is -0.390 e. The second-order valence-corrected chi connectivity index (χ2v) is 4.18. The van der Waals surface area contributed by atoms with Crippen molar-refractivity contribution in [3.63, 3.8) is 0 Å². The van der Waals surface area contributed by atoms with Gasteiger partial charge in [0, 0.05) is 12.3 Å². The molecule has 0 aromatic heterocycles. The van der Waals surface area contributed by atoms with Gasteiger partial charge in [-0.1, -0.05) is 30.3 Å². The number of Topliss-reactive ketones (excluding diaryl/α,β-unsaturated/α-hetero) is 1. The Morgan fingerprint density at radius 1 is 1.38 bits per heavy atom. The smallest absolute Gasteiger partial charge is 0.138 e. The van der Waals surface area contributed by atoms with Crippen LogP contribution in [0.2, 0.25) is 0 Å². The van der Waals surface area contributed by atoms with Gasteiger partial charge in [-0.25, -0.2) is 0 Å². The average molecular weight is 220 g/mol. The number of aliphatic hydroxyl groups is 1. The second kappa shape index (κ2) is 5.23. The molecular weight excluding hydrogens is 204 g/mol. The van der Waals surface area contributed by atoms with E-state index in [0.717, 1.165) is 12.0 Å². The summed E-state index contributed by atoms with van der Waals surface area (Å²) in [5, 5.41) is 9.67. The third-order valence-corrected chi connectivity index (χ3v) is 2.98. The largest absolute Gasteiger partial charge is 0.390 e. The Hall–Kier alpha value is -1.19. The lowest BCUT2D eigenvalue weighted by Crippen LogP contribution is -2.38. The molecule has 0 bridgehead atoms. The lowest BCUT2D eigenvalue weighted by atomic mass is 9.80. The van der Waals surface area contributed by atoms with Crippen molar-refractivity contribution in [2.75, 3.05) is 6.61 Å². The molecule has 1 saturated carbocycles. The molecule has 1 aromatic carbocycles. The molecule has 0 radical (unpaired) electrons. The van der Waals surface area contributed by atoms with Crippen LogP contribution in [0.4, 0.5) is 0 Å². The molecule has 1 fully saturated rings. The van der Waals surface area contributed by atoms with Gasteiger partial charge in [0.15, 0.2) is 0 Å². The molecule has 1 aromatic rings. The van der Waals surface area contributed by atoms with Gasteiger partial charge in [-0.05, 0) is 12.0 Å². The van der Waals surface area contributed by atoms with E-state index >= 15 is 0 Å². The Morgan fingerprint density at radius 3 is 2.69 bits per heavy atom. The van der Waals surface area contributed by atoms with Crippen molar-refractivity contribution in [1.82, 2.24) is 0 Å². The van der Waals surface area contributed by atoms with Gasteiger partial charge >= 0.3 is 0 Å². The van der Waals surface area contributed by atoms with Gasteiger partial charge < -0.3 is 9.84 Å². The maximum absolute atomic E-state index is 11.1. The highest BCUT2D eigenvalue weighted by Gasteiger charge is 2.34. The Kier molecular flexibility index (Phi) is 3.70. The van der Waals surface area contributed by atoms with E-state index in [1.54, 1.807) is 0 Å². The zero-order chi connectivity index (χ0) is 11.4. The van der Waals surface area contributed by atoms with E-state index in [4.69, 9.17) is 4.74 Å². The molecule has 3 nitrogen and oxygen atoms in total. The van der Waals surface area contributed by atoms with Crippen molar-refractivity contribution in [2.24, 2.45) is 5.92 Å². The molecule has 2 rings (SSSR count). The lowest BCUT2D eigenvalue weighted by Gasteiger charge is -2.28. The summed E-state index contributed by atoms with van der Waals surface area (Å²) in [5.41, 5.74) is 1.08. The summed E-state index contributed by atoms with van der Waals surface area (Å²) in [7, 11) is 0. The molecule has 1 N–H and O–H groups in total. The number of hydrogen-bond donors (Lipinski definition) is 1. The third kappa shape index (κ3) is 2.68. The van der Waals surface area contributed by atoms with Crippen molar-refractivity contribution in [2.45, 2.75) is 25.6 Å². The molecule has 0 amide bonds. The summed E-state index contributed by atoms with van der Waals surface area (Å²) in [6.45, 7) is 0.726. The zero-order valence-electron chi connectivity index (χ0n) is 9.13. The van der Waals surface area contributed by atoms with E-state index in [0.29, 0.717) is 13.0 Å². The van der Waals surface area contributed by atoms with E-state index in [-0.39, 0.29) is 18.3 Å². The predicted molar refractivity (Wildman–Crippen MR) is 59.8 cm³/mol. The number of carbonyl (C=O) groups excluding carboxylic acids is 1. The molecule has 86 valence electrons. The fourth-order valence-electron chi connectivity index (χ4n) is 1.82. The maximum atomic E-state index is 11.1. The normalized spacial score (nSPS) is 21.6. The standard InChI is InChI=1S/C13H16O3/c14-12-7-6-11(12)13(15)9-16-8-10-4-2-1-3-5-10/h1-5,11,13,15H,6-9H2/t11-,13-/m0/s1. The van der Waals surface area contributed by atoms with Gasteiger partial charge in [0.05, 0.1) is 19.3 Å². The Morgan fingerprint density at radius 2 is 2.12 bits per heavy atom. The quantitative estimate of drug-likeness (QED) is 0.818. The van der Waals surface area contributed by atoms with Gasteiger partial charge in [0.1, 0.15) is 5.78 Å². The number of benzene rings is 1. The van der Waals surface area contributed by atoms with Gasteiger partial charge in [0.2, 0.25) is 0 Å². The Bertz CT molecular complexity index is 347. The number of ketones is 1. The second-order valence-electron chi connectivity index (χ2n) is 4.18. The summed E-state index contributed by atoms with van der Waals surface area (Å²) in [6.07, 6.45) is 0.778. The van der Waals surface area contributed by atoms with Crippen LogP contribution >= 0.6 is 0 Å². The first-order chi connectivity index (χ1) is 7.77. The summed E-state index contributed by atoms with van der Waals surface area (Å²) in [4.78, 5) is 11.1. The predicted octanol–water partition coefficient (Wildman–Crippen LogP) is 1.54. The number of aliphatic hydroxyl groups excluding tert-OH is 1. The summed E-state index contributed by atoms with van der Waals surface area (Å²) in [6, 6.07) is 9.79. The van der Waals surface area contributed by atoms with E-state index in [9.17, 15) is 9.90 Å². The molecular formula is C13H16O3.